The number of primary amides is 1. The number of pyridine rings is 1. The van der Waals surface area contributed by atoms with Crippen molar-refractivity contribution in [2.75, 3.05) is 43.0 Å². The molecule has 10 nitrogen and oxygen atoms in total. The first-order valence-corrected chi connectivity index (χ1v) is 12.9. The van der Waals surface area contributed by atoms with Crippen molar-refractivity contribution in [3.8, 4) is 0 Å². The second-order valence-electron chi connectivity index (χ2n) is 9.24. The summed E-state index contributed by atoms with van der Waals surface area (Å²) in [7, 11) is 0. The number of aliphatic hydroxyl groups is 2. The lowest BCUT2D eigenvalue weighted by molar-refractivity contribution is -0.137. The van der Waals surface area contributed by atoms with E-state index in [4.69, 9.17) is 5.73 Å². The molecule has 1 amide bonds. The first kappa shape index (κ1) is 31.6. The van der Waals surface area contributed by atoms with Gasteiger partial charge in [-0.05, 0) is 48.7 Å². The van der Waals surface area contributed by atoms with Crippen LogP contribution in [0.1, 0.15) is 36.1 Å². The highest BCUT2D eigenvalue weighted by atomic mass is 19.4. The van der Waals surface area contributed by atoms with Crippen LogP contribution in [0.15, 0.2) is 55.1 Å². The zero-order valence-corrected chi connectivity index (χ0v) is 22.4. The Bertz CT molecular complexity index is 1250. The lowest BCUT2D eigenvalue weighted by Crippen LogP contribution is -2.43. The average Bonchev–Trinajstić information content (AvgIpc) is 2.93. The van der Waals surface area contributed by atoms with Gasteiger partial charge in [0.05, 0.1) is 18.3 Å². The van der Waals surface area contributed by atoms with E-state index >= 15 is 4.39 Å². The van der Waals surface area contributed by atoms with Crippen LogP contribution in [0.4, 0.5) is 29.2 Å². The SMILES string of the molecule is CCN(Cc1ccc(C(F)(F)F)cc1)c1ncnc(NCC[C@@H](O)CN(CCO)C(C(N)=O)c2ccncc2)c1F. The van der Waals surface area contributed by atoms with Gasteiger partial charge in [0.2, 0.25) is 11.7 Å². The third-order valence-corrected chi connectivity index (χ3v) is 6.37. The zero-order chi connectivity index (χ0) is 30.0. The number of alkyl halides is 3. The number of carbonyl (C=O) groups excluding carboxylic acids is 1. The molecule has 0 aliphatic heterocycles. The molecule has 1 unspecified atom stereocenters. The number of carbonyl (C=O) groups is 1. The van der Waals surface area contributed by atoms with E-state index in [1.165, 1.54) is 30.9 Å². The van der Waals surface area contributed by atoms with Crippen molar-refractivity contribution in [3.05, 3.63) is 77.6 Å². The van der Waals surface area contributed by atoms with Crippen molar-refractivity contribution in [1.29, 1.82) is 0 Å². The highest BCUT2D eigenvalue weighted by Gasteiger charge is 2.30. The summed E-state index contributed by atoms with van der Waals surface area (Å²) >= 11 is 0. The molecule has 0 aliphatic rings. The largest absolute Gasteiger partial charge is 0.416 e. The summed E-state index contributed by atoms with van der Waals surface area (Å²) in [5.41, 5.74) is 5.95. The molecule has 0 radical (unpaired) electrons. The first-order valence-electron chi connectivity index (χ1n) is 12.9. The topological polar surface area (TPSA) is 141 Å². The number of halogens is 4. The number of aliphatic hydroxyl groups excluding tert-OH is 2. The summed E-state index contributed by atoms with van der Waals surface area (Å²) in [4.78, 5) is 27.2. The monoisotopic (exact) mass is 579 g/mol. The fraction of sp³-hybridized carbons (Fsp3) is 0.407. The lowest BCUT2D eigenvalue weighted by atomic mass is 10.0. The van der Waals surface area contributed by atoms with E-state index < -0.39 is 35.6 Å². The summed E-state index contributed by atoms with van der Waals surface area (Å²) in [5.74, 6) is -1.53. The number of nitrogens with two attached hydrogens (primary N) is 1. The van der Waals surface area contributed by atoms with Gasteiger partial charge in [-0.1, -0.05) is 12.1 Å². The molecule has 3 aromatic rings. The molecule has 3 rings (SSSR count). The Morgan fingerprint density at radius 2 is 1.80 bits per heavy atom. The average molecular weight is 580 g/mol. The molecule has 41 heavy (non-hydrogen) atoms. The van der Waals surface area contributed by atoms with Crippen LogP contribution in [0.2, 0.25) is 0 Å². The van der Waals surface area contributed by atoms with E-state index in [0.717, 1.165) is 12.1 Å². The Morgan fingerprint density at radius 3 is 2.39 bits per heavy atom. The van der Waals surface area contributed by atoms with E-state index in [-0.39, 0.29) is 50.8 Å². The van der Waals surface area contributed by atoms with E-state index in [1.54, 1.807) is 28.9 Å². The minimum absolute atomic E-state index is 0.00637. The van der Waals surface area contributed by atoms with Crippen LogP contribution in [0.25, 0.3) is 0 Å². The summed E-state index contributed by atoms with van der Waals surface area (Å²) in [6, 6.07) is 6.98. The normalized spacial score (nSPS) is 13.2. The van der Waals surface area contributed by atoms with Gasteiger partial charge in [-0.3, -0.25) is 14.7 Å². The van der Waals surface area contributed by atoms with Crippen molar-refractivity contribution < 1.29 is 32.6 Å². The molecule has 0 fully saturated rings. The van der Waals surface area contributed by atoms with Crippen LogP contribution in [0.3, 0.4) is 0 Å². The molecule has 0 spiro atoms. The minimum atomic E-state index is -4.45. The maximum Gasteiger partial charge on any atom is 0.416 e. The second-order valence-corrected chi connectivity index (χ2v) is 9.24. The summed E-state index contributed by atoms with van der Waals surface area (Å²) in [6.45, 7) is 2.14. The van der Waals surface area contributed by atoms with Crippen molar-refractivity contribution >= 4 is 17.5 Å². The first-order chi connectivity index (χ1) is 19.5. The van der Waals surface area contributed by atoms with Gasteiger partial charge in [-0.25, -0.2) is 9.97 Å². The Morgan fingerprint density at radius 1 is 1.12 bits per heavy atom. The highest BCUT2D eigenvalue weighted by molar-refractivity contribution is 5.81. The highest BCUT2D eigenvalue weighted by Crippen LogP contribution is 2.30. The predicted octanol–water partition coefficient (Wildman–Crippen LogP) is 2.74. The van der Waals surface area contributed by atoms with Crippen LogP contribution in [0.5, 0.6) is 0 Å². The Kier molecular flexibility index (Phi) is 11.3. The maximum absolute atomic E-state index is 15.3. The van der Waals surface area contributed by atoms with Gasteiger partial charge in [0.15, 0.2) is 11.6 Å². The van der Waals surface area contributed by atoms with E-state index in [0.29, 0.717) is 17.7 Å². The van der Waals surface area contributed by atoms with Crippen molar-refractivity contribution in [2.45, 2.75) is 38.2 Å². The minimum Gasteiger partial charge on any atom is -0.395 e. The van der Waals surface area contributed by atoms with E-state index in [9.17, 15) is 28.2 Å². The van der Waals surface area contributed by atoms with E-state index in [1.807, 2.05) is 0 Å². The zero-order valence-electron chi connectivity index (χ0n) is 22.4. The number of nitrogens with zero attached hydrogens (tertiary/aromatic N) is 5. The molecule has 2 atom stereocenters. The molecule has 222 valence electrons. The van der Waals surface area contributed by atoms with Crippen molar-refractivity contribution in [1.82, 2.24) is 19.9 Å². The number of hydrogen-bond acceptors (Lipinski definition) is 9. The maximum atomic E-state index is 15.3. The molecule has 0 saturated heterocycles. The van der Waals surface area contributed by atoms with Gasteiger partial charge in [0.1, 0.15) is 12.4 Å². The standard InChI is InChI=1S/C27H33F4N7O3/c1-2-37(15-18-3-5-20(6-4-18)27(29,30)31)26-22(28)25(35-17-36-26)34-12-9-21(40)16-38(13-14-39)23(24(32)41)19-7-10-33-11-8-19/h3-8,10-11,17,21,23,39-40H,2,9,12-16H2,1H3,(H2,32,41)(H,34,35,36)/t21-,23?/m1/s1. The molecule has 1 aromatic carbocycles. The summed E-state index contributed by atoms with van der Waals surface area (Å²) in [5, 5.41) is 23.0. The lowest BCUT2D eigenvalue weighted by Gasteiger charge is -2.31. The molecular formula is C27H33F4N7O3. The van der Waals surface area contributed by atoms with Crippen LogP contribution in [-0.4, -0.2) is 74.9 Å². The van der Waals surface area contributed by atoms with Gasteiger partial charge < -0.3 is 26.2 Å². The Balaban J connectivity index is 1.63. The number of amides is 1. The van der Waals surface area contributed by atoms with Crippen LogP contribution >= 0.6 is 0 Å². The molecule has 5 N–H and O–H groups in total. The fourth-order valence-electron chi connectivity index (χ4n) is 4.33. The quantitative estimate of drug-likeness (QED) is 0.200. The van der Waals surface area contributed by atoms with E-state index in [2.05, 4.69) is 20.3 Å². The molecule has 0 bridgehead atoms. The Hall–Kier alpha value is -3.88. The number of rotatable bonds is 15. The Labute approximate surface area is 234 Å². The van der Waals surface area contributed by atoms with Gasteiger partial charge in [-0.15, -0.1) is 0 Å². The molecule has 0 aliphatic carbocycles. The van der Waals surface area contributed by atoms with Gasteiger partial charge >= 0.3 is 6.18 Å². The number of nitrogens with one attached hydrogen (secondary N) is 1. The van der Waals surface area contributed by atoms with Gasteiger partial charge in [0.25, 0.3) is 0 Å². The number of aromatic nitrogens is 3. The molecule has 2 aromatic heterocycles. The number of benzene rings is 1. The summed E-state index contributed by atoms with van der Waals surface area (Å²) < 4.78 is 53.9. The third-order valence-electron chi connectivity index (χ3n) is 6.37. The predicted molar refractivity (Wildman–Crippen MR) is 144 cm³/mol. The second kappa shape index (κ2) is 14.7. The number of hydrogen-bond donors (Lipinski definition) is 4. The fourth-order valence-corrected chi connectivity index (χ4v) is 4.33. The third kappa shape index (κ3) is 8.80. The van der Waals surface area contributed by atoms with Gasteiger partial charge in [-0.2, -0.15) is 17.6 Å². The molecule has 2 heterocycles. The summed E-state index contributed by atoms with van der Waals surface area (Å²) in [6.07, 6.45) is -1.08. The van der Waals surface area contributed by atoms with Crippen LogP contribution in [0, 0.1) is 5.82 Å². The van der Waals surface area contributed by atoms with Crippen molar-refractivity contribution in [2.24, 2.45) is 5.73 Å². The smallest absolute Gasteiger partial charge is 0.395 e. The van der Waals surface area contributed by atoms with Crippen LogP contribution < -0.4 is 16.0 Å². The van der Waals surface area contributed by atoms with Crippen LogP contribution in [-0.2, 0) is 17.5 Å². The molecule has 0 saturated carbocycles. The van der Waals surface area contributed by atoms with Crippen molar-refractivity contribution in [3.63, 3.8) is 0 Å². The number of anilines is 2. The molecule has 14 heteroatoms. The van der Waals surface area contributed by atoms with Gasteiger partial charge in [0, 0.05) is 45.1 Å². The molecular weight excluding hydrogens is 546 g/mol.